The molecule has 0 fully saturated rings. The summed E-state index contributed by atoms with van der Waals surface area (Å²) >= 11 is 0. The third-order valence-electron chi connectivity index (χ3n) is 3.70. The van der Waals surface area contributed by atoms with Gasteiger partial charge in [-0.1, -0.05) is 0 Å². The summed E-state index contributed by atoms with van der Waals surface area (Å²) in [6.07, 6.45) is 1.44. The molecule has 0 aliphatic rings. The summed E-state index contributed by atoms with van der Waals surface area (Å²) in [5.74, 6) is 0.236. The number of carbonyl (C=O) groups is 2. The number of carbonyl (C=O) groups excluding carboxylic acids is 2. The van der Waals surface area contributed by atoms with Gasteiger partial charge in [0.15, 0.2) is 24.7 Å². The molecule has 0 radical (unpaired) electrons. The van der Waals surface area contributed by atoms with Crippen molar-refractivity contribution in [2.24, 2.45) is 5.10 Å². The largest absolute Gasteiger partial charge is 0.490 e. The van der Waals surface area contributed by atoms with Crippen molar-refractivity contribution in [1.29, 1.82) is 0 Å². The van der Waals surface area contributed by atoms with Gasteiger partial charge in [0.25, 0.3) is 11.8 Å². The number of benzene rings is 2. The van der Waals surface area contributed by atoms with Crippen molar-refractivity contribution in [3.8, 4) is 17.2 Å². The van der Waals surface area contributed by atoms with Crippen molar-refractivity contribution in [1.82, 2.24) is 10.3 Å². The van der Waals surface area contributed by atoms with Crippen molar-refractivity contribution in [2.45, 2.75) is 6.92 Å². The lowest BCUT2D eigenvalue weighted by atomic mass is 10.2. The molecule has 2 rings (SSSR count). The summed E-state index contributed by atoms with van der Waals surface area (Å²) in [5.41, 5.74) is 3.00. The molecule has 2 amide bonds. The fourth-order valence-corrected chi connectivity index (χ4v) is 2.15. The van der Waals surface area contributed by atoms with E-state index < -0.39 is 5.91 Å². The van der Waals surface area contributed by atoms with Crippen LogP contribution in [-0.4, -0.2) is 56.8 Å². The zero-order valence-corrected chi connectivity index (χ0v) is 17.1. The highest BCUT2D eigenvalue weighted by molar-refractivity contribution is 5.83. The molecular weight excluding hydrogens is 393 g/mol. The van der Waals surface area contributed by atoms with E-state index in [1.807, 2.05) is 6.92 Å². The lowest BCUT2D eigenvalue weighted by Crippen LogP contribution is -2.27. The highest BCUT2D eigenvalue weighted by Crippen LogP contribution is 2.28. The third kappa shape index (κ3) is 7.42. The molecule has 0 spiro atoms. The number of amides is 2. The van der Waals surface area contributed by atoms with Gasteiger partial charge < -0.3 is 19.1 Å². The first-order valence-corrected chi connectivity index (χ1v) is 9.19. The van der Waals surface area contributed by atoms with E-state index in [4.69, 9.17) is 14.2 Å². The molecular formula is C21H24FN3O5. The highest BCUT2D eigenvalue weighted by Gasteiger charge is 2.10. The van der Waals surface area contributed by atoms with Crippen molar-refractivity contribution in [2.75, 3.05) is 33.9 Å². The van der Waals surface area contributed by atoms with Crippen molar-refractivity contribution < 1.29 is 28.2 Å². The minimum absolute atomic E-state index is 0.107. The van der Waals surface area contributed by atoms with Gasteiger partial charge in [-0.15, -0.1) is 0 Å². The van der Waals surface area contributed by atoms with E-state index in [9.17, 15) is 14.0 Å². The predicted octanol–water partition coefficient (Wildman–Crippen LogP) is 2.22. The smallest absolute Gasteiger partial charge is 0.277 e. The monoisotopic (exact) mass is 417 g/mol. The Labute approximate surface area is 174 Å². The fraction of sp³-hybridized carbons (Fsp3) is 0.286. The van der Waals surface area contributed by atoms with Crippen LogP contribution in [0, 0.1) is 5.82 Å². The van der Waals surface area contributed by atoms with Gasteiger partial charge in [0.05, 0.1) is 12.8 Å². The minimum atomic E-state index is -0.470. The van der Waals surface area contributed by atoms with Gasteiger partial charge in [-0.05, 0) is 55.0 Å². The van der Waals surface area contributed by atoms with Gasteiger partial charge in [0, 0.05) is 14.1 Å². The first kappa shape index (κ1) is 22.7. The maximum Gasteiger partial charge on any atom is 0.277 e. The molecule has 30 heavy (non-hydrogen) atoms. The summed E-state index contributed by atoms with van der Waals surface area (Å²) in [6, 6.07) is 10.4. The van der Waals surface area contributed by atoms with Crippen LogP contribution in [0.15, 0.2) is 47.6 Å². The molecule has 1 N–H and O–H groups in total. The summed E-state index contributed by atoms with van der Waals surface area (Å²) < 4.78 is 29.1. The van der Waals surface area contributed by atoms with Crippen molar-refractivity contribution in [3.63, 3.8) is 0 Å². The van der Waals surface area contributed by atoms with E-state index in [0.29, 0.717) is 29.4 Å². The second-order valence-corrected chi connectivity index (χ2v) is 6.25. The van der Waals surface area contributed by atoms with E-state index in [-0.39, 0.29) is 24.9 Å². The second kappa shape index (κ2) is 11.4. The highest BCUT2D eigenvalue weighted by atomic mass is 19.1. The molecule has 0 saturated heterocycles. The van der Waals surface area contributed by atoms with E-state index in [0.717, 1.165) is 0 Å². The Balaban J connectivity index is 1.90. The quantitative estimate of drug-likeness (QED) is 0.473. The van der Waals surface area contributed by atoms with Crippen LogP contribution in [0.5, 0.6) is 17.2 Å². The fourth-order valence-electron chi connectivity index (χ4n) is 2.15. The zero-order chi connectivity index (χ0) is 21.9. The summed E-state index contributed by atoms with van der Waals surface area (Å²) in [5, 5.41) is 3.87. The lowest BCUT2D eigenvalue weighted by Gasteiger charge is -2.14. The van der Waals surface area contributed by atoms with E-state index in [1.54, 1.807) is 32.3 Å². The average molecular weight is 417 g/mol. The first-order valence-electron chi connectivity index (χ1n) is 9.19. The SMILES string of the molecule is CCOc1cc(/C=N\NC(=O)COc2ccc(F)cc2)ccc1OCC(=O)N(C)C. The number of ether oxygens (including phenoxy) is 3. The Hall–Kier alpha value is -3.62. The molecule has 2 aromatic rings. The Morgan fingerprint density at radius 2 is 1.77 bits per heavy atom. The summed E-state index contributed by atoms with van der Waals surface area (Å²) in [7, 11) is 3.29. The number of hydrogen-bond donors (Lipinski definition) is 1. The van der Waals surface area contributed by atoms with Gasteiger partial charge in [0.2, 0.25) is 0 Å². The number of hydrazone groups is 1. The first-order chi connectivity index (χ1) is 14.4. The van der Waals surface area contributed by atoms with Crippen molar-refractivity contribution in [3.05, 3.63) is 53.8 Å². The molecule has 0 aliphatic heterocycles. The predicted molar refractivity (Wildman–Crippen MR) is 109 cm³/mol. The van der Waals surface area contributed by atoms with Crippen LogP contribution in [0.25, 0.3) is 0 Å². The van der Waals surface area contributed by atoms with Crippen LogP contribution in [0.2, 0.25) is 0 Å². The number of nitrogens with one attached hydrogen (secondary N) is 1. The van der Waals surface area contributed by atoms with Gasteiger partial charge in [-0.25, -0.2) is 9.82 Å². The van der Waals surface area contributed by atoms with E-state index in [1.165, 1.54) is 35.4 Å². The molecule has 9 heteroatoms. The Kier molecular flexibility index (Phi) is 8.61. The Bertz CT molecular complexity index is 885. The van der Waals surface area contributed by atoms with Crippen LogP contribution in [-0.2, 0) is 9.59 Å². The molecule has 0 unspecified atom stereocenters. The van der Waals surface area contributed by atoms with Gasteiger partial charge in [-0.3, -0.25) is 9.59 Å². The van der Waals surface area contributed by atoms with Crippen LogP contribution in [0.1, 0.15) is 12.5 Å². The second-order valence-electron chi connectivity index (χ2n) is 6.25. The summed E-state index contributed by atoms with van der Waals surface area (Å²) in [6.45, 7) is 1.87. The molecule has 2 aromatic carbocycles. The number of nitrogens with zero attached hydrogens (tertiary/aromatic N) is 2. The zero-order valence-electron chi connectivity index (χ0n) is 17.1. The number of halogens is 1. The molecule has 8 nitrogen and oxygen atoms in total. The van der Waals surface area contributed by atoms with Crippen LogP contribution < -0.4 is 19.6 Å². The maximum absolute atomic E-state index is 12.8. The van der Waals surface area contributed by atoms with Crippen LogP contribution >= 0.6 is 0 Å². The molecule has 0 aliphatic carbocycles. The normalized spacial score (nSPS) is 10.5. The lowest BCUT2D eigenvalue weighted by molar-refractivity contribution is -0.130. The topological polar surface area (TPSA) is 89.5 Å². The van der Waals surface area contributed by atoms with E-state index >= 15 is 0 Å². The number of likely N-dealkylation sites (N-methyl/N-ethyl adjacent to an activating group) is 1. The molecule has 0 saturated carbocycles. The molecule has 0 heterocycles. The minimum Gasteiger partial charge on any atom is -0.490 e. The number of hydrogen-bond acceptors (Lipinski definition) is 6. The average Bonchev–Trinajstić information content (AvgIpc) is 2.72. The van der Waals surface area contributed by atoms with Gasteiger partial charge in [-0.2, -0.15) is 5.10 Å². The van der Waals surface area contributed by atoms with Crippen LogP contribution in [0.4, 0.5) is 4.39 Å². The maximum atomic E-state index is 12.8. The Morgan fingerprint density at radius 3 is 2.43 bits per heavy atom. The van der Waals surface area contributed by atoms with Crippen LogP contribution in [0.3, 0.4) is 0 Å². The van der Waals surface area contributed by atoms with Gasteiger partial charge in [0.1, 0.15) is 11.6 Å². The molecule has 0 aromatic heterocycles. The molecule has 0 atom stereocenters. The van der Waals surface area contributed by atoms with E-state index in [2.05, 4.69) is 10.5 Å². The number of rotatable bonds is 10. The molecule has 0 bridgehead atoms. The Morgan fingerprint density at radius 1 is 1.03 bits per heavy atom. The molecule has 160 valence electrons. The van der Waals surface area contributed by atoms with Crippen molar-refractivity contribution >= 4 is 18.0 Å². The third-order valence-corrected chi connectivity index (χ3v) is 3.70. The standard InChI is InChI=1S/C21H24FN3O5/c1-4-28-19-11-15(5-10-18(19)30-14-21(27)25(2)3)12-23-24-20(26)13-29-17-8-6-16(22)7-9-17/h5-12H,4,13-14H2,1-3H3,(H,24,26)/b23-12-. The summed E-state index contributed by atoms with van der Waals surface area (Å²) in [4.78, 5) is 24.9. The van der Waals surface area contributed by atoms with Gasteiger partial charge >= 0.3 is 0 Å².